The van der Waals surface area contributed by atoms with Gasteiger partial charge in [-0.2, -0.15) is 10.9 Å². The third kappa shape index (κ3) is 10.6. The van der Waals surface area contributed by atoms with Crippen LogP contribution in [0.4, 0.5) is 0 Å². The van der Waals surface area contributed by atoms with E-state index in [-0.39, 0.29) is 11.8 Å². The zero-order valence-electron chi connectivity index (χ0n) is 15.9. The molecule has 0 aliphatic heterocycles. The first-order valence-corrected chi connectivity index (χ1v) is 9.84. The molecule has 0 aliphatic carbocycles. The van der Waals surface area contributed by atoms with Gasteiger partial charge in [-0.25, -0.2) is 0 Å². The molecule has 6 heteroatoms. The van der Waals surface area contributed by atoms with Crippen molar-refractivity contribution in [2.75, 3.05) is 10.9 Å². The molecule has 0 fully saturated rings. The molecule has 0 atom stereocenters. The quantitative estimate of drug-likeness (QED) is 0.397. The van der Waals surface area contributed by atoms with Crippen LogP contribution in [0.1, 0.15) is 90.9 Å². The van der Waals surface area contributed by atoms with Gasteiger partial charge in [0.2, 0.25) is 0 Å². The first kappa shape index (κ1) is 21.2. The molecule has 0 bridgehead atoms. The third-order valence-corrected chi connectivity index (χ3v) is 4.16. The van der Waals surface area contributed by atoms with Crippen molar-refractivity contribution in [2.24, 2.45) is 0 Å². The summed E-state index contributed by atoms with van der Waals surface area (Å²) in [5.74, 6) is -0.00354. The maximum Gasteiger partial charge on any atom is 0.291 e. The number of aromatic nitrogens is 2. The summed E-state index contributed by atoms with van der Waals surface area (Å²) in [5.41, 5.74) is 5.58. The van der Waals surface area contributed by atoms with Gasteiger partial charge in [0.1, 0.15) is 0 Å². The molecule has 1 aromatic heterocycles. The van der Waals surface area contributed by atoms with E-state index in [4.69, 9.17) is 0 Å². The number of imidazole rings is 1. The molecular formula is C19H35N4O2+. The van der Waals surface area contributed by atoms with E-state index in [9.17, 15) is 9.59 Å². The van der Waals surface area contributed by atoms with Crippen molar-refractivity contribution >= 4 is 11.8 Å². The fourth-order valence-corrected chi connectivity index (χ4v) is 2.66. The van der Waals surface area contributed by atoms with Crippen LogP contribution in [0.5, 0.6) is 0 Å². The van der Waals surface area contributed by atoms with Gasteiger partial charge in [0, 0.05) is 12.8 Å². The average Bonchev–Trinajstić information content (AvgIpc) is 3.01. The third-order valence-electron chi connectivity index (χ3n) is 4.16. The highest BCUT2D eigenvalue weighted by Crippen LogP contribution is 2.08. The summed E-state index contributed by atoms with van der Waals surface area (Å²) < 4.78 is 3.15. The number of nitrogens with zero attached hydrogens (tertiary/aromatic N) is 2. The molecule has 0 aromatic carbocycles. The number of nitrogens with one attached hydrogen (secondary N) is 2. The molecule has 142 valence electrons. The fraction of sp³-hybridized carbons (Fsp3) is 0.737. The smallest absolute Gasteiger partial charge is 0.272 e. The van der Waals surface area contributed by atoms with E-state index in [1.54, 1.807) is 28.1 Å². The van der Waals surface area contributed by atoms with Gasteiger partial charge in [-0.1, -0.05) is 65.2 Å². The van der Waals surface area contributed by atoms with Gasteiger partial charge in [0.05, 0.1) is 0 Å². The zero-order valence-corrected chi connectivity index (χ0v) is 15.9. The van der Waals surface area contributed by atoms with Gasteiger partial charge in [0.25, 0.3) is 18.1 Å². The molecule has 0 saturated carbocycles. The van der Waals surface area contributed by atoms with E-state index in [1.807, 2.05) is 0 Å². The van der Waals surface area contributed by atoms with Crippen molar-refractivity contribution in [3.05, 3.63) is 18.7 Å². The van der Waals surface area contributed by atoms with Crippen LogP contribution in [-0.4, -0.2) is 16.5 Å². The van der Waals surface area contributed by atoms with Crippen molar-refractivity contribution in [3.8, 4) is 0 Å². The highest BCUT2D eigenvalue weighted by atomic mass is 16.2. The molecule has 2 amide bonds. The Morgan fingerprint density at radius 3 is 2.12 bits per heavy atom. The van der Waals surface area contributed by atoms with Crippen molar-refractivity contribution in [2.45, 2.75) is 90.9 Å². The second kappa shape index (κ2) is 13.4. The summed E-state index contributed by atoms with van der Waals surface area (Å²) in [6.45, 7) is 4.33. The number of carbonyl (C=O) groups excluding carboxylic acids is 2. The Bertz CT molecular complexity index is 499. The first-order chi connectivity index (χ1) is 12.2. The molecule has 0 radical (unpaired) electrons. The largest absolute Gasteiger partial charge is 0.291 e. The molecule has 1 aromatic rings. The highest BCUT2D eigenvalue weighted by molar-refractivity contribution is 5.83. The lowest BCUT2D eigenvalue weighted by atomic mass is 10.1. The molecular weight excluding hydrogens is 316 g/mol. The van der Waals surface area contributed by atoms with Gasteiger partial charge in [-0.3, -0.25) is 9.59 Å². The summed E-state index contributed by atoms with van der Waals surface area (Å²) in [4.78, 5) is 23.7. The van der Waals surface area contributed by atoms with Crippen LogP contribution in [0.2, 0.25) is 0 Å². The normalized spacial score (nSPS) is 10.6. The van der Waals surface area contributed by atoms with Gasteiger partial charge >= 0.3 is 0 Å². The lowest BCUT2D eigenvalue weighted by molar-refractivity contribution is -0.641. The Morgan fingerprint density at radius 2 is 1.40 bits per heavy atom. The van der Waals surface area contributed by atoms with E-state index in [0.717, 1.165) is 32.1 Å². The van der Waals surface area contributed by atoms with Crippen molar-refractivity contribution in [1.29, 1.82) is 0 Å². The minimum absolute atomic E-state index is 0.00517. The van der Waals surface area contributed by atoms with Crippen LogP contribution in [0.3, 0.4) is 0 Å². The fourth-order valence-electron chi connectivity index (χ4n) is 2.66. The maximum atomic E-state index is 11.9. The van der Waals surface area contributed by atoms with Crippen molar-refractivity contribution in [1.82, 2.24) is 4.68 Å². The zero-order chi connectivity index (χ0) is 18.3. The maximum absolute atomic E-state index is 11.9. The Morgan fingerprint density at radius 1 is 0.840 bits per heavy atom. The molecule has 0 unspecified atom stereocenters. The van der Waals surface area contributed by atoms with Crippen LogP contribution >= 0.6 is 0 Å². The minimum Gasteiger partial charge on any atom is -0.272 e. The van der Waals surface area contributed by atoms with Crippen LogP contribution in [-0.2, 0) is 9.59 Å². The molecule has 2 N–H and O–H groups in total. The Kier molecular flexibility index (Phi) is 11.4. The Labute approximate surface area is 151 Å². The van der Waals surface area contributed by atoms with Crippen molar-refractivity contribution < 1.29 is 14.3 Å². The topological polar surface area (TPSA) is 67.0 Å². The van der Waals surface area contributed by atoms with Gasteiger partial charge in [-0.15, -0.1) is 9.35 Å². The number of rotatable bonds is 14. The number of carbonyl (C=O) groups is 2. The molecule has 0 spiro atoms. The van der Waals surface area contributed by atoms with E-state index >= 15 is 0 Å². The molecule has 1 rings (SSSR count). The predicted molar refractivity (Wildman–Crippen MR) is 100 cm³/mol. The Balaban J connectivity index is 2.17. The second-order valence-corrected chi connectivity index (χ2v) is 6.63. The summed E-state index contributed by atoms with van der Waals surface area (Å²) in [6.07, 6.45) is 17.6. The van der Waals surface area contributed by atoms with E-state index in [1.165, 1.54) is 32.1 Å². The first-order valence-electron chi connectivity index (χ1n) is 9.84. The standard InChI is InChI=1S/C19H34N4O2/c1-3-5-7-8-9-10-12-14-19(25)21-23-16-15-22(17-23)20-18(24)13-11-6-4-2/h15-17H,3-14H2,1-2H3,(H-,20,21,24,25)/p+1. The van der Waals surface area contributed by atoms with Gasteiger partial charge < -0.3 is 0 Å². The minimum atomic E-state index is -0.00870. The van der Waals surface area contributed by atoms with Crippen molar-refractivity contribution in [3.63, 3.8) is 0 Å². The summed E-state index contributed by atoms with van der Waals surface area (Å²) in [5, 5.41) is 0. The monoisotopic (exact) mass is 351 g/mol. The summed E-state index contributed by atoms with van der Waals surface area (Å²) >= 11 is 0. The SMILES string of the molecule is CCCCCCCCCC(=O)Nn1cc[n+](NC(=O)CCCCC)c1. The molecule has 0 saturated heterocycles. The molecule has 6 nitrogen and oxygen atoms in total. The number of hydrogen-bond acceptors (Lipinski definition) is 2. The average molecular weight is 352 g/mol. The van der Waals surface area contributed by atoms with Gasteiger partial charge in [-0.05, 0) is 12.8 Å². The summed E-state index contributed by atoms with van der Waals surface area (Å²) in [6, 6.07) is 0. The van der Waals surface area contributed by atoms with E-state index in [0.29, 0.717) is 12.8 Å². The molecule has 25 heavy (non-hydrogen) atoms. The van der Waals surface area contributed by atoms with Gasteiger partial charge in [0.15, 0.2) is 12.4 Å². The predicted octanol–water partition coefficient (Wildman–Crippen LogP) is 3.64. The molecule has 0 aliphatic rings. The lowest BCUT2D eigenvalue weighted by Crippen LogP contribution is -2.47. The Hall–Kier alpha value is -1.85. The van der Waals surface area contributed by atoms with Crippen LogP contribution in [0.25, 0.3) is 0 Å². The molecule has 1 heterocycles. The number of hydrogen-bond donors (Lipinski definition) is 2. The number of unbranched alkanes of at least 4 members (excludes halogenated alkanes) is 8. The van der Waals surface area contributed by atoms with Crippen LogP contribution in [0, 0.1) is 0 Å². The van der Waals surface area contributed by atoms with E-state index < -0.39 is 0 Å². The second-order valence-electron chi connectivity index (χ2n) is 6.63. The highest BCUT2D eigenvalue weighted by Gasteiger charge is 2.10. The van der Waals surface area contributed by atoms with Crippen LogP contribution in [0.15, 0.2) is 18.7 Å². The summed E-state index contributed by atoms with van der Waals surface area (Å²) in [7, 11) is 0. The lowest BCUT2D eigenvalue weighted by Gasteiger charge is -2.02. The number of amides is 2. The van der Waals surface area contributed by atoms with E-state index in [2.05, 4.69) is 24.7 Å². The van der Waals surface area contributed by atoms with Crippen LogP contribution < -0.4 is 15.5 Å².